The summed E-state index contributed by atoms with van der Waals surface area (Å²) in [6, 6.07) is 12.0. The summed E-state index contributed by atoms with van der Waals surface area (Å²) in [7, 11) is 0. The Morgan fingerprint density at radius 3 is 2.83 bits per heavy atom. The molecule has 4 heteroatoms. The van der Waals surface area contributed by atoms with E-state index in [0.717, 1.165) is 31.4 Å². The number of fused-ring (bicyclic) bond motifs is 1. The highest BCUT2D eigenvalue weighted by molar-refractivity contribution is 7.10. The first-order valence-electron chi connectivity index (χ1n) is 8.07. The fraction of sp³-hybridized carbons (Fsp3) is 0.368. The Bertz CT molecular complexity index is 727. The molecule has 2 aromatic rings. The molecule has 0 radical (unpaired) electrons. The molecule has 0 bridgehead atoms. The minimum Gasteiger partial charge on any atom is -0.335 e. The molecule has 1 unspecified atom stereocenters. The maximum absolute atomic E-state index is 12.7. The van der Waals surface area contributed by atoms with Gasteiger partial charge in [-0.3, -0.25) is 4.79 Å². The zero-order chi connectivity index (χ0) is 16.2. The van der Waals surface area contributed by atoms with Crippen LogP contribution in [0.15, 0.2) is 35.7 Å². The number of nitrogens with zero attached hydrogens (tertiary/aromatic N) is 2. The SMILES string of the molecule is CCC1c2ccsc2CCN1C(=O)CCc1ccc(C#N)cc1. The molecule has 1 aliphatic rings. The van der Waals surface area contributed by atoms with Crippen LogP contribution >= 0.6 is 11.3 Å². The van der Waals surface area contributed by atoms with Crippen LogP contribution in [0, 0.1) is 11.3 Å². The predicted molar refractivity (Wildman–Crippen MR) is 92.2 cm³/mol. The Labute approximate surface area is 141 Å². The lowest BCUT2D eigenvalue weighted by atomic mass is 9.97. The van der Waals surface area contributed by atoms with E-state index in [4.69, 9.17) is 5.26 Å². The third-order valence-corrected chi connectivity index (χ3v) is 5.51. The van der Waals surface area contributed by atoms with E-state index in [1.54, 1.807) is 0 Å². The topological polar surface area (TPSA) is 44.1 Å². The molecule has 1 atom stereocenters. The fourth-order valence-electron chi connectivity index (χ4n) is 3.28. The van der Waals surface area contributed by atoms with Gasteiger partial charge in [-0.2, -0.15) is 5.26 Å². The summed E-state index contributed by atoms with van der Waals surface area (Å²) in [5, 5.41) is 11.0. The maximum atomic E-state index is 12.7. The molecule has 0 saturated heterocycles. The Kier molecular flexibility index (Phi) is 4.78. The molecule has 118 valence electrons. The third-order valence-electron chi connectivity index (χ3n) is 4.51. The monoisotopic (exact) mass is 324 g/mol. The van der Waals surface area contributed by atoms with Gasteiger partial charge in [-0.05, 0) is 54.0 Å². The second-order valence-corrected chi connectivity index (χ2v) is 6.87. The van der Waals surface area contributed by atoms with Crippen molar-refractivity contribution in [3.8, 4) is 6.07 Å². The largest absolute Gasteiger partial charge is 0.335 e. The summed E-state index contributed by atoms with van der Waals surface area (Å²) in [6.07, 6.45) is 3.20. The summed E-state index contributed by atoms with van der Waals surface area (Å²) in [6.45, 7) is 2.98. The highest BCUT2D eigenvalue weighted by Gasteiger charge is 2.29. The average Bonchev–Trinajstić information content (AvgIpc) is 3.07. The number of hydrogen-bond donors (Lipinski definition) is 0. The number of thiophene rings is 1. The van der Waals surface area contributed by atoms with Crippen molar-refractivity contribution in [2.24, 2.45) is 0 Å². The van der Waals surface area contributed by atoms with Gasteiger partial charge in [0, 0.05) is 17.8 Å². The Morgan fingerprint density at radius 2 is 2.13 bits per heavy atom. The number of amides is 1. The van der Waals surface area contributed by atoms with Gasteiger partial charge < -0.3 is 4.90 Å². The van der Waals surface area contributed by atoms with E-state index in [2.05, 4.69) is 29.3 Å². The molecule has 1 aromatic heterocycles. The van der Waals surface area contributed by atoms with E-state index < -0.39 is 0 Å². The van der Waals surface area contributed by atoms with Gasteiger partial charge in [0.15, 0.2) is 0 Å². The molecule has 0 fully saturated rings. The minimum atomic E-state index is 0.234. The van der Waals surface area contributed by atoms with Crippen molar-refractivity contribution < 1.29 is 4.79 Å². The predicted octanol–water partition coefficient (Wildman–Crippen LogP) is 4.09. The van der Waals surface area contributed by atoms with Crippen molar-refractivity contribution in [2.75, 3.05) is 6.54 Å². The molecule has 0 N–H and O–H groups in total. The van der Waals surface area contributed by atoms with Crippen LogP contribution in [0.25, 0.3) is 0 Å². The van der Waals surface area contributed by atoms with E-state index in [-0.39, 0.29) is 11.9 Å². The number of carbonyl (C=O) groups is 1. The van der Waals surface area contributed by atoms with E-state index in [9.17, 15) is 4.79 Å². The van der Waals surface area contributed by atoms with Crippen LogP contribution in [0.5, 0.6) is 0 Å². The summed E-state index contributed by atoms with van der Waals surface area (Å²) >= 11 is 1.81. The molecule has 2 heterocycles. The van der Waals surface area contributed by atoms with Gasteiger partial charge in [0.2, 0.25) is 5.91 Å². The Morgan fingerprint density at radius 1 is 1.35 bits per heavy atom. The van der Waals surface area contributed by atoms with Crippen LogP contribution in [-0.2, 0) is 17.6 Å². The third kappa shape index (κ3) is 3.30. The first-order chi connectivity index (χ1) is 11.2. The quantitative estimate of drug-likeness (QED) is 0.850. The van der Waals surface area contributed by atoms with Gasteiger partial charge in [0.1, 0.15) is 0 Å². The zero-order valence-corrected chi connectivity index (χ0v) is 14.1. The van der Waals surface area contributed by atoms with Crippen LogP contribution in [-0.4, -0.2) is 17.4 Å². The van der Waals surface area contributed by atoms with Crippen molar-refractivity contribution in [3.63, 3.8) is 0 Å². The van der Waals surface area contributed by atoms with E-state index in [1.165, 1.54) is 10.4 Å². The maximum Gasteiger partial charge on any atom is 0.223 e. The molecule has 1 aliphatic heterocycles. The van der Waals surface area contributed by atoms with Crippen LogP contribution in [0.2, 0.25) is 0 Å². The lowest BCUT2D eigenvalue weighted by molar-refractivity contribution is -0.134. The molecule has 0 saturated carbocycles. The fourth-order valence-corrected chi connectivity index (χ4v) is 4.20. The lowest BCUT2D eigenvalue weighted by Crippen LogP contribution is -2.39. The number of carbonyl (C=O) groups excluding carboxylic acids is 1. The molecular formula is C19H20N2OS. The van der Waals surface area contributed by atoms with Gasteiger partial charge in [-0.25, -0.2) is 0 Å². The Hall–Kier alpha value is -2.12. The van der Waals surface area contributed by atoms with Gasteiger partial charge in [-0.1, -0.05) is 19.1 Å². The van der Waals surface area contributed by atoms with E-state index in [1.807, 2.05) is 35.6 Å². The number of aryl methyl sites for hydroxylation is 1. The smallest absolute Gasteiger partial charge is 0.223 e. The van der Waals surface area contributed by atoms with Gasteiger partial charge in [0.25, 0.3) is 0 Å². The normalized spacial score (nSPS) is 16.7. The highest BCUT2D eigenvalue weighted by atomic mass is 32.1. The van der Waals surface area contributed by atoms with Gasteiger partial charge in [0.05, 0.1) is 17.7 Å². The van der Waals surface area contributed by atoms with Crippen LogP contribution in [0.1, 0.15) is 47.4 Å². The molecule has 23 heavy (non-hydrogen) atoms. The molecular weight excluding hydrogens is 304 g/mol. The molecule has 1 aromatic carbocycles. The van der Waals surface area contributed by atoms with Gasteiger partial charge >= 0.3 is 0 Å². The molecule has 0 spiro atoms. The highest BCUT2D eigenvalue weighted by Crippen LogP contribution is 2.35. The first kappa shape index (κ1) is 15.8. The first-order valence-corrected chi connectivity index (χ1v) is 8.95. The second-order valence-electron chi connectivity index (χ2n) is 5.87. The number of nitriles is 1. The standard InChI is InChI=1S/C19H20N2OS/c1-2-17-16-10-12-23-18(16)9-11-21(17)19(22)8-7-14-3-5-15(13-20)6-4-14/h3-6,10,12,17H,2,7-9,11H2,1H3. The van der Waals surface area contributed by atoms with Gasteiger partial charge in [-0.15, -0.1) is 11.3 Å². The van der Waals surface area contributed by atoms with Crippen LogP contribution in [0.4, 0.5) is 0 Å². The molecule has 3 rings (SSSR count). The van der Waals surface area contributed by atoms with E-state index >= 15 is 0 Å². The zero-order valence-electron chi connectivity index (χ0n) is 13.3. The summed E-state index contributed by atoms with van der Waals surface area (Å²) < 4.78 is 0. The Balaban J connectivity index is 1.65. The average molecular weight is 324 g/mol. The number of rotatable bonds is 4. The minimum absolute atomic E-state index is 0.234. The van der Waals surface area contributed by atoms with Crippen molar-refractivity contribution in [1.29, 1.82) is 5.26 Å². The summed E-state index contributed by atoms with van der Waals surface area (Å²) in [5.41, 5.74) is 3.11. The summed E-state index contributed by atoms with van der Waals surface area (Å²) in [4.78, 5) is 16.2. The van der Waals surface area contributed by atoms with Crippen molar-refractivity contribution in [2.45, 2.75) is 38.6 Å². The van der Waals surface area contributed by atoms with Crippen LogP contribution in [0.3, 0.4) is 0 Å². The van der Waals surface area contributed by atoms with Crippen molar-refractivity contribution in [1.82, 2.24) is 4.90 Å². The summed E-state index contributed by atoms with van der Waals surface area (Å²) in [5.74, 6) is 0.234. The molecule has 0 aliphatic carbocycles. The number of benzene rings is 1. The van der Waals surface area contributed by atoms with E-state index in [0.29, 0.717) is 12.0 Å². The molecule has 3 nitrogen and oxygen atoms in total. The number of hydrogen-bond acceptors (Lipinski definition) is 3. The van der Waals surface area contributed by atoms with Crippen molar-refractivity contribution >= 4 is 17.2 Å². The second kappa shape index (κ2) is 6.97. The van der Waals surface area contributed by atoms with Crippen molar-refractivity contribution in [3.05, 3.63) is 57.3 Å². The van der Waals surface area contributed by atoms with Crippen LogP contribution < -0.4 is 0 Å². The molecule has 1 amide bonds. The lowest BCUT2D eigenvalue weighted by Gasteiger charge is -2.35.